The van der Waals surface area contributed by atoms with Gasteiger partial charge in [0, 0.05) is 44.0 Å². The van der Waals surface area contributed by atoms with Crippen LogP contribution in [0.15, 0.2) is 30.6 Å². The first-order valence-electron chi connectivity index (χ1n) is 12.5. The highest BCUT2D eigenvalue weighted by Gasteiger charge is 2.31. The highest BCUT2D eigenvalue weighted by atomic mass is 16.5. The number of ether oxygens (including phenoxy) is 1. The molecule has 5 rings (SSSR count). The fourth-order valence-corrected chi connectivity index (χ4v) is 4.95. The van der Waals surface area contributed by atoms with Crippen molar-refractivity contribution in [3.05, 3.63) is 53.6 Å². The summed E-state index contributed by atoms with van der Waals surface area (Å²) in [4.78, 5) is 19.3. The number of fused-ring (bicyclic) bond motifs is 3. The summed E-state index contributed by atoms with van der Waals surface area (Å²) >= 11 is 0. The van der Waals surface area contributed by atoms with Crippen LogP contribution in [0.25, 0.3) is 11.0 Å². The van der Waals surface area contributed by atoms with Crippen LogP contribution in [-0.4, -0.2) is 64.7 Å². The van der Waals surface area contributed by atoms with Gasteiger partial charge >= 0.3 is 6.09 Å². The summed E-state index contributed by atoms with van der Waals surface area (Å²) in [7, 11) is 3.30. The highest BCUT2D eigenvalue weighted by Crippen LogP contribution is 2.36. The first-order chi connectivity index (χ1) is 17.9. The summed E-state index contributed by atoms with van der Waals surface area (Å²) in [6, 6.07) is 5.87. The second-order valence-electron chi connectivity index (χ2n) is 9.44. The van der Waals surface area contributed by atoms with Crippen molar-refractivity contribution in [1.82, 2.24) is 39.4 Å². The maximum atomic E-state index is 12.6. The second-order valence-corrected chi connectivity index (χ2v) is 9.44. The Morgan fingerprint density at radius 2 is 2.14 bits per heavy atom. The second kappa shape index (κ2) is 10.3. The van der Waals surface area contributed by atoms with Gasteiger partial charge in [-0.15, -0.1) is 10.2 Å². The molecule has 0 fully saturated rings. The molecular formula is C25H33N9O3. The fourth-order valence-electron chi connectivity index (χ4n) is 4.95. The van der Waals surface area contributed by atoms with Crippen LogP contribution in [0.2, 0.25) is 0 Å². The number of aryl methyl sites for hydroxylation is 4. The minimum absolute atomic E-state index is 0.0362. The molecule has 12 heteroatoms. The maximum Gasteiger partial charge on any atom is 0.414 e. The molecule has 1 amide bonds. The van der Waals surface area contributed by atoms with Gasteiger partial charge in [0.25, 0.3) is 0 Å². The standard InChI is InChI=1S/C25H33N9O3/c1-16-6-7-18-19(34(16)25(36)37-4)8-9-20-24(18)28-21(10-13-32-12-5-11-27-32)33(20)15-23(35)26-14-22-30-29-17(2)31(22)3/h5,8-9,11-12,16,23,26,35H,6-7,10,13-15H2,1-4H3/t16-,23?/m0/s1. The summed E-state index contributed by atoms with van der Waals surface area (Å²) in [5, 5.41) is 26.6. The molecule has 0 saturated carbocycles. The number of carbonyl (C=O) groups is 1. The van der Waals surface area contributed by atoms with Crippen LogP contribution in [0.5, 0.6) is 0 Å². The van der Waals surface area contributed by atoms with Gasteiger partial charge in [-0.2, -0.15) is 5.10 Å². The highest BCUT2D eigenvalue weighted by molar-refractivity contribution is 5.95. The normalized spacial score (nSPS) is 16.2. The molecule has 0 bridgehead atoms. The van der Waals surface area contributed by atoms with E-state index in [9.17, 15) is 9.90 Å². The first-order valence-corrected chi connectivity index (χ1v) is 12.5. The lowest BCUT2D eigenvalue weighted by Gasteiger charge is -2.34. The number of carbonyl (C=O) groups excluding carboxylic acids is 1. The third-order valence-corrected chi connectivity index (χ3v) is 7.12. The predicted molar refractivity (Wildman–Crippen MR) is 137 cm³/mol. The molecule has 0 radical (unpaired) electrons. The average molecular weight is 508 g/mol. The predicted octanol–water partition coefficient (Wildman–Crippen LogP) is 1.93. The molecule has 12 nitrogen and oxygen atoms in total. The Morgan fingerprint density at radius 1 is 1.30 bits per heavy atom. The zero-order valence-electron chi connectivity index (χ0n) is 21.6. The average Bonchev–Trinajstić information content (AvgIpc) is 3.61. The minimum Gasteiger partial charge on any atom is -0.452 e. The van der Waals surface area contributed by atoms with E-state index < -0.39 is 6.23 Å². The van der Waals surface area contributed by atoms with E-state index in [0.717, 1.165) is 52.6 Å². The number of rotatable bonds is 8. The monoisotopic (exact) mass is 507 g/mol. The summed E-state index contributed by atoms with van der Waals surface area (Å²) in [5.41, 5.74) is 3.63. The fraction of sp³-hybridized carbons (Fsp3) is 0.480. The number of aliphatic hydroxyl groups is 1. The smallest absolute Gasteiger partial charge is 0.414 e. The molecule has 1 aliphatic heterocycles. The van der Waals surface area contributed by atoms with Gasteiger partial charge in [0.15, 0.2) is 0 Å². The van der Waals surface area contributed by atoms with Gasteiger partial charge in [-0.05, 0) is 44.9 Å². The first kappa shape index (κ1) is 24.9. The molecule has 1 unspecified atom stereocenters. The van der Waals surface area contributed by atoms with Gasteiger partial charge in [-0.25, -0.2) is 9.78 Å². The molecule has 0 saturated heterocycles. The van der Waals surface area contributed by atoms with E-state index in [1.54, 1.807) is 11.1 Å². The van der Waals surface area contributed by atoms with Crippen LogP contribution >= 0.6 is 0 Å². The molecule has 1 aromatic carbocycles. The Hall–Kier alpha value is -3.77. The number of hydrogen-bond acceptors (Lipinski definition) is 8. The van der Waals surface area contributed by atoms with Crippen molar-refractivity contribution in [3.8, 4) is 0 Å². The van der Waals surface area contributed by atoms with Crippen molar-refractivity contribution < 1.29 is 14.6 Å². The largest absolute Gasteiger partial charge is 0.452 e. The van der Waals surface area contributed by atoms with E-state index in [1.807, 2.05) is 54.5 Å². The van der Waals surface area contributed by atoms with Crippen LogP contribution in [0, 0.1) is 6.92 Å². The summed E-state index contributed by atoms with van der Waals surface area (Å²) in [6.07, 6.45) is 4.73. The van der Waals surface area contributed by atoms with Crippen LogP contribution < -0.4 is 10.2 Å². The Morgan fingerprint density at radius 3 is 2.84 bits per heavy atom. The van der Waals surface area contributed by atoms with Crippen molar-refractivity contribution in [3.63, 3.8) is 0 Å². The Balaban J connectivity index is 1.47. The molecule has 2 atom stereocenters. The molecular weight excluding hydrogens is 474 g/mol. The molecule has 37 heavy (non-hydrogen) atoms. The van der Waals surface area contributed by atoms with Gasteiger partial charge in [0.1, 0.15) is 23.7 Å². The third-order valence-electron chi connectivity index (χ3n) is 7.12. The lowest BCUT2D eigenvalue weighted by atomic mass is 9.96. The lowest BCUT2D eigenvalue weighted by molar-refractivity contribution is 0.115. The topological polar surface area (TPSA) is 128 Å². The van der Waals surface area contributed by atoms with E-state index in [1.165, 1.54) is 7.11 Å². The molecule has 196 valence electrons. The molecule has 0 aliphatic carbocycles. The SMILES string of the molecule is COC(=O)N1c2ccc3c(nc(CCn4cccn4)n3CC(O)NCc3nnc(C)n3C)c2CC[C@@H]1C. The van der Waals surface area contributed by atoms with Gasteiger partial charge in [0.05, 0.1) is 36.9 Å². The number of aromatic nitrogens is 7. The number of anilines is 1. The van der Waals surface area contributed by atoms with E-state index in [4.69, 9.17) is 9.72 Å². The van der Waals surface area contributed by atoms with E-state index in [2.05, 4.69) is 25.2 Å². The van der Waals surface area contributed by atoms with Crippen molar-refractivity contribution in [2.75, 3.05) is 12.0 Å². The molecule has 2 N–H and O–H groups in total. The molecule has 4 heterocycles. The molecule has 4 aromatic rings. The number of hydrogen-bond donors (Lipinski definition) is 2. The van der Waals surface area contributed by atoms with Gasteiger partial charge in [-0.3, -0.25) is 14.9 Å². The number of amides is 1. The van der Waals surface area contributed by atoms with Gasteiger partial charge in [-0.1, -0.05) is 0 Å². The zero-order valence-corrected chi connectivity index (χ0v) is 21.6. The minimum atomic E-state index is -0.833. The summed E-state index contributed by atoms with van der Waals surface area (Å²) in [5.74, 6) is 2.41. The van der Waals surface area contributed by atoms with Crippen LogP contribution in [0.4, 0.5) is 10.5 Å². The Bertz CT molecular complexity index is 1390. The summed E-state index contributed by atoms with van der Waals surface area (Å²) < 4.78 is 10.9. The maximum absolute atomic E-state index is 12.6. The number of imidazole rings is 1. The number of methoxy groups -OCH3 is 1. The van der Waals surface area contributed by atoms with Crippen LogP contribution in [0.1, 0.15) is 36.4 Å². The van der Waals surface area contributed by atoms with E-state index in [-0.39, 0.29) is 12.1 Å². The Labute approximate surface area is 214 Å². The zero-order chi connectivity index (χ0) is 26.1. The van der Waals surface area contributed by atoms with Crippen molar-refractivity contribution >= 4 is 22.8 Å². The quantitative estimate of drug-likeness (QED) is 0.346. The number of benzene rings is 1. The van der Waals surface area contributed by atoms with Crippen molar-refractivity contribution in [1.29, 1.82) is 0 Å². The van der Waals surface area contributed by atoms with Gasteiger partial charge < -0.3 is 19.0 Å². The molecule has 3 aromatic heterocycles. The molecule has 1 aliphatic rings. The summed E-state index contributed by atoms with van der Waals surface area (Å²) in [6.45, 7) is 5.26. The van der Waals surface area contributed by atoms with Gasteiger partial charge in [0.2, 0.25) is 0 Å². The Kier molecular flexibility index (Phi) is 6.94. The molecule has 0 spiro atoms. The van der Waals surface area contributed by atoms with E-state index in [0.29, 0.717) is 26.1 Å². The van der Waals surface area contributed by atoms with Crippen LogP contribution in [-0.2, 0) is 44.3 Å². The van der Waals surface area contributed by atoms with Crippen molar-refractivity contribution in [2.45, 2.75) is 65.0 Å². The number of nitrogens with zero attached hydrogens (tertiary/aromatic N) is 8. The number of aliphatic hydroxyl groups excluding tert-OH is 1. The number of nitrogens with one attached hydrogen (secondary N) is 1. The van der Waals surface area contributed by atoms with Crippen molar-refractivity contribution in [2.24, 2.45) is 7.05 Å². The third kappa shape index (κ3) is 4.81. The van der Waals surface area contributed by atoms with Crippen LogP contribution in [0.3, 0.4) is 0 Å². The lowest BCUT2D eigenvalue weighted by Crippen LogP contribution is -2.42. The van der Waals surface area contributed by atoms with E-state index >= 15 is 0 Å².